The highest BCUT2D eigenvalue weighted by Gasteiger charge is 2.32. The maximum Gasteiger partial charge on any atom is 0.416 e. The van der Waals surface area contributed by atoms with E-state index >= 15 is 0 Å². The van der Waals surface area contributed by atoms with Crippen molar-refractivity contribution in [3.8, 4) is 16.3 Å². The second-order valence-electron chi connectivity index (χ2n) is 8.13. The summed E-state index contributed by atoms with van der Waals surface area (Å²) in [6.45, 7) is 7.00. The maximum absolute atomic E-state index is 12.9. The van der Waals surface area contributed by atoms with Gasteiger partial charge in [0.2, 0.25) is 0 Å². The van der Waals surface area contributed by atoms with Crippen molar-refractivity contribution in [2.45, 2.75) is 56.2 Å². The van der Waals surface area contributed by atoms with Crippen molar-refractivity contribution in [2.75, 3.05) is 6.61 Å². The Kier molecular flexibility index (Phi) is 8.50. The molecule has 0 bridgehead atoms. The molecule has 1 atom stereocenters. The van der Waals surface area contributed by atoms with Gasteiger partial charge in [0.15, 0.2) is 5.60 Å². The predicted octanol–water partition coefficient (Wildman–Crippen LogP) is 6.90. The Morgan fingerprint density at radius 2 is 1.74 bits per heavy atom. The van der Waals surface area contributed by atoms with Crippen LogP contribution in [0.15, 0.2) is 53.4 Å². The molecular weight excluding hydrogens is 499 g/mol. The maximum atomic E-state index is 12.9. The van der Waals surface area contributed by atoms with Crippen molar-refractivity contribution < 1.29 is 32.5 Å². The average molecular weight is 526 g/mol. The summed E-state index contributed by atoms with van der Waals surface area (Å²) in [4.78, 5) is 18.3. The zero-order valence-corrected chi connectivity index (χ0v) is 21.3. The van der Waals surface area contributed by atoms with Gasteiger partial charge in [-0.25, -0.2) is 9.78 Å². The minimum atomic E-state index is -4.40. The number of aliphatic hydroxyl groups is 1. The first kappa shape index (κ1) is 27.0. The van der Waals surface area contributed by atoms with E-state index in [9.17, 15) is 23.1 Å². The number of carbonyl (C=O) groups excluding carboxylic acids is 1. The second-order valence-corrected chi connectivity index (χ2v) is 10.6. The number of aliphatic hydroxyl groups excluding tert-OH is 1. The summed E-state index contributed by atoms with van der Waals surface area (Å²) < 4.78 is 49.4. The van der Waals surface area contributed by atoms with Gasteiger partial charge >= 0.3 is 12.1 Å². The summed E-state index contributed by atoms with van der Waals surface area (Å²) in [6, 6.07) is 12.1. The van der Waals surface area contributed by atoms with Gasteiger partial charge in [-0.3, -0.25) is 0 Å². The number of rotatable bonds is 9. The number of nitrogens with zero attached hydrogens (tertiary/aromatic N) is 1. The van der Waals surface area contributed by atoms with Gasteiger partial charge in [0, 0.05) is 20.6 Å². The number of benzene rings is 2. The third-order valence-corrected chi connectivity index (χ3v) is 7.59. The lowest BCUT2D eigenvalue weighted by molar-refractivity contribution is -0.158. The molecule has 0 saturated carbocycles. The molecule has 1 heterocycles. The smallest absolute Gasteiger partial charge is 0.416 e. The summed E-state index contributed by atoms with van der Waals surface area (Å²) in [5.41, 5.74) is -0.777. The van der Waals surface area contributed by atoms with Gasteiger partial charge in [-0.05, 0) is 64.1 Å². The fraction of sp³-hybridized carbons (Fsp3) is 0.360. The van der Waals surface area contributed by atoms with Gasteiger partial charge in [-0.15, -0.1) is 23.1 Å². The predicted molar refractivity (Wildman–Crippen MR) is 131 cm³/mol. The number of aromatic nitrogens is 1. The van der Waals surface area contributed by atoms with Crippen LogP contribution in [0.5, 0.6) is 5.75 Å². The molecule has 0 aliphatic rings. The Balaban J connectivity index is 1.72. The first-order valence-electron chi connectivity index (χ1n) is 10.9. The van der Waals surface area contributed by atoms with E-state index in [1.54, 1.807) is 44.7 Å². The Morgan fingerprint density at radius 3 is 2.29 bits per heavy atom. The molecule has 0 amide bonds. The van der Waals surface area contributed by atoms with Gasteiger partial charge in [-0.2, -0.15) is 13.2 Å². The van der Waals surface area contributed by atoms with E-state index in [0.717, 1.165) is 21.9 Å². The molecule has 2 aromatic carbocycles. The molecule has 0 saturated heterocycles. The zero-order chi connectivity index (χ0) is 25.8. The molecule has 3 rings (SSSR count). The topological polar surface area (TPSA) is 68.7 Å². The van der Waals surface area contributed by atoms with Crippen molar-refractivity contribution >= 4 is 29.1 Å². The highest BCUT2D eigenvalue weighted by Crippen LogP contribution is 2.42. The van der Waals surface area contributed by atoms with Gasteiger partial charge in [-0.1, -0.05) is 12.1 Å². The van der Waals surface area contributed by atoms with Gasteiger partial charge in [0.25, 0.3) is 0 Å². The molecule has 0 aliphatic carbocycles. The van der Waals surface area contributed by atoms with Crippen LogP contribution in [0, 0.1) is 0 Å². The van der Waals surface area contributed by atoms with Crippen LogP contribution in [0.25, 0.3) is 10.6 Å². The van der Waals surface area contributed by atoms with Gasteiger partial charge in [0.05, 0.1) is 24.5 Å². The number of ether oxygens (including phenoxy) is 2. The number of carbonyl (C=O) groups is 1. The molecule has 0 aliphatic heterocycles. The minimum Gasteiger partial charge on any atom is -0.476 e. The Labute approximate surface area is 210 Å². The number of esters is 1. The number of thiazole rings is 1. The van der Waals surface area contributed by atoms with E-state index in [1.165, 1.54) is 23.5 Å². The van der Waals surface area contributed by atoms with Crippen LogP contribution in [-0.2, 0) is 22.3 Å². The number of halogens is 3. The highest BCUT2D eigenvalue weighted by molar-refractivity contribution is 7.99. The molecule has 1 unspecified atom stereocenters. The summed E-state index contributed by atoms with van der Waals surface area (Å²) >= 11 is 2.89. The second kappa shape index (κ2) is 11.0. The molecule has 1 N–H and O–H groups in total. The lowest BCUT2D eigenvalue weighted by atomic mass is 10.1. The first-order chi connectivity index (χ1) is 16.4. The Morgan fingerprint density at radius 1 is 1.11 bits per heavy atom. The molecule has 0 fully saturated rings. The number of alkyl halides is 3. The van der Waals surface area contributed by atoms with E-state index in [-0.39, 0.29) is 18.5 Å². The number of hydrogen-bond acceptors (Lipinski definition) is 7. The van der Waals surface area contributed by atoms with Crippen molar-refractivity contribution in [3.63, 3.8) is 0 Å². The molecule has 0 spiro atoms. The third kappa shape index (κ3) is 6.77. The fourth-order valence-corrected chi connectivity index (χ4v) is 5.45. The normalized spacial score (nSPS) is 12.9. The van der Waals surface area contributed by atoms with Crippen molar-refractivity contribution in [2.24, 2.45) is 0 Å². The summed E-state index contributed by atoms with van der Waals surface area (Å²) in [5.74, 6) is 0.0798. The first-order valence-corrected chi connectivity index (χ1v) is 12.5. The molecule has 3 aromatic rings. The van der Waals surface area contributed by atoms with Crippen LogP contribution >= 0.6 is 23.1 Å². The largest absolute Gasteiger partial charge is 0.476 e. The zero-order valence-electron chi connectivity index (χ0n) is 19.7. The fourth-order valence-electron chi connectivity index (χ4n) is 3.20. The lowest BCUT2D eigenvalue weighted by Gasteiger charge is -2.24. The van der Waals surface area contributed by atoms with E-state index in [4.69, 9.17) is 9.47 Å². The monoisotopic (exact) mass is 525 g/mol. The van der Waals surface area contributed by atoms with Crippen molar-refractivity contribution in [1.29, 1.82) is 0 Å². The molecular formula is C25H26F3NO4S2. The van der Waals surface area contributed by atoms with Gasteiger partial charge < -0.3 is 14.6 Å². The number of thioether (sulfide) groups is 1. The third-order valence-electron chi connectivity index (χ3n) is 4.98. The van der Waals surface area contributed by atoms with Crippen LogP contribution in [-0.4, -0.2) is 28.3 Å². The lowest BCUT2D eigenvalue weighted by Crippen LogP contribution is -2.39. The summed E-state index contributed by atoms with van der Waals surface area (Å²) in [5, 5.41) is 10.3. The van der Waals surface area contributed by atoms with E-state index in [2.05, 4.69) is 4.98 Å². The standard InChI is InChI=1S/C25H26F3NO4S2/c1-5-32-23(31)24(3,4)33-18-10-12-19(13-11-18)34-15(2)21-20(14-30)29-22(35-21)16-6-8-17(9-7-16)25(26,27)28/h6-13,15,30H,5,14H2,1-4H3. The molecule has 35 heavy (non-hydrogen) atoms. The number of hydrogen-bond donors (Lipinski definition) is 1. The SMILES string of the molecule is CCOC(=O)C(C)(C)Oc1ccc(SC(C)c2sc(-c3ccc(C(F)(F)F)cc3)nc2CO)cc1. The van der Waals surface area contributed by atoms with Crippen LogP contribution < -0.4 is 4.74 Å². The van der Waals surface area contributed by atoms with Gasteiger partial charge in [0.1, 0.15) is 10.8 Å². The Hall–Kier alpha value is -2.56. The molecule has 10 heteroatoms. The quantitative estimate of drug-likeness (QED) is 0.242. The summed E-state index contributed by atoms with van der Waals surface area (Å²) in [6.07, 6.45) is -4.40. The van der Waals surface area contributed by atoms with Crippen LogP contribution in [0.2, 0.25) is 0 Å². The molecule has 1 aromatic heterocycles. The Bertz CT molecular complexity index is 1140. The minimum absolute atomic E-state index is 0.0689. The van der Waals surface area contributed by atoms with Crippen LogP contribution in [0.4, 0.5) is 13.2 Å². The highest BCUT2D eigenvalue weighted by atomic mass is 32.2. The van der Waals surface area contributed by atoms with Crippen LogP contribution in [0.3, 0.4) is 0 Å². The average Bonchev–Trinajstić information content (AvgIpc) is 3.24. The van der Waals surface area contributed by atoms with Crippen LogP contribution in [0.1, 0.15) is 49.1 Å². The van der Waals surface area contributed by atoms with E-state index in [0.29, 0.717) is 22.0 Å². The van der Waals surface area contributed by atoms with E-state index in [1.807, 2.05) is 19.1 Å². The summed E-state index contributed by atoms with van der Waals surface area (Å²) in [7, 11) is 0. The van der Waals surface area contributed by atoms with E-state index < -0.39 is 23.3 Å². The molecule has 5 nitrogen and oxygen atoms in total. The van der Waals surface area contributed by atoms with Crippen molar-refractivity contribution in [1.82, 2.24) is 4.98 Å². The molecule has 0 radical (unpaired) electrons. The molecule has 188 valence electrons. The van der Waals surface area contributed by atoms with Crippen molar-refractivity contribution in [3.05, 3.63) is 64.7 Å².